The molecule has 0 aromatic heterocycles. The standard InChI is InChI=1S/C15H18N2O2S/c1-11-6-7-15(8-12(11)2)17-20(18,19)10-13-4-3-5-14(16)9-13/h3-9,17H,10,16H2,1-2H3. The number of hydrogen-bond donors (Lipinski definition) is 2. The van der Waals surface area contributed by atoms with Gasteiger partial charge >= 0.3 is 0 Å². The zero-order valence-electron chi connectivity index (χ0n) is 11.6. The molecular formula is C15H18N2O2S. The molecule has 2 aromatic carbocycles. The Morgan fingerprint density at radius 2 is 1.80 bits per heavy atom. The van der Waals surface area contributed by atoms with Gasteiger partial charge < -0.3 is 5.73 Å². The van der Waals surface area contributed by atoms with E-state index in [2.05, 4.69) is 4.72 Å². The third kappa shape index (κ3) is 3.74. The Morgan fingerprint density at radius 3 is 2.45 bits per heavy atom. The molecule has 106 valence electrons. The van der Waals surface area contributed by atoms with Crippen LogP contribution in [-0.2, 0) is 15.8 Å². The van der Waals surface area contributed by atoms with Crippen LogP contribution in [0.2, 0.25) is 0 Å². The van der Waals surface area contributed by atoms with Crippen LogP contribution < -0.4 is 10.5 Å². The normalized spacial score (nSPS) is 11.3. The predicted molar refractivity (Wildman–Crippen MR) is 83.0 cm³/mol. The quantitative estimate of drug-likeness (QED) is 0.850. The van der Waals surface area contributed by atoms with Crippen LogP contribution in [0.1, 0.15) is 16.7 Å². The number of sulfonamides is 1. The highest BCUT2D eigenvalue weighted by Gasteiger charge is 2.12. The van der Waals surface area contributed by atoms with Crippen molar-refractivity contribution in [2.45, 2.75) is 19.6 Å². The fraction of sp³-hybridized carbons (Fsp3) is 0.200. The Hall–Kier alpha value is -2.01. The van der Waals surface area contributed by atoms with Crippen LogP contribution in [0.5, 0.6) is 0 Å². The molecule has 3 N–H and O–H groups in total. The molecule has 0 atom stereocenters. The number of nitrogen functional groups attached to an aromatic ring is 1. The lowest BCUT2D eigenvalue weighted by atomic mass is 10.1. The molecule has 0 spiro atoms. The van der Waals surface area contributed by atoms with E-state index in [4.69, 9.17) is 5.73 Å². The summed E-state index contributed by atoms with van der Waals surface area (Å²) >= 11 is 0. The predicted octanol–water partition coefficient (Wildman–Crippen LogP) is 2.83. The fourth-order valence-corrected chi connectivity index (χ4v) is 3.10. The summed E-state index contributed by atoms with van der Waals surface area (Å²) in [5.41, 5.74) is 9.64. The fourth-order valence-electron chi connectivity index (χ4n) is 1.92. The number of aryl methyl sites for hydroxylation is 2. The van der Waals surface area contributed by atoms with Crippen molar-refractivity contribution in [3.63, 3.8) is 0 Å². The summed E-state index contributed by atoms with van der Waals surface area (Å²) in [4.78, 5) is 0. The van der Waals surface area contributed by atoms with E-state index in [0.29, 0.717) is 16.9 Å². The van der Waals surface area contributed by atoms with Crippen LogP contribution in [0.4, 0.5) is 11.4 Å². The molecular weight excluding hydrogens is 272 g/mol. The van der Waals surface area contributed by atoms with Crippen LogP contribution in [0, 0.1) is 13.8 Å². The molecule has 0 amide bonds. The third-order valence-electron chi connectivity index (χ3n) is 3.09. The third-order valence-corrected chi connectivity index (χ3v) is 4.35. The van der Waals surface area contributed by atoms with E-state index in [1.807, 2.05) is 26.0 Å². The zero-order chi connectivity index (χ0) is 14.8. The van der Waals surface area contributed by atoms with Gasteiger partial charge in [0.15, 0.2) is 0 Å². The average Bonchev–Trinajstić information content (AvgIpc) is 2.33. The van der Waals surface area contributed by atoms with E-state index in [-0.39, 0.29) is 5.75 Å². The van der Waals surface area contributed by atoms with Gasteiger partial charge in [-0.15, -0.1) is 0 Å². The molecule has 0 aliphatic carbocycles. The molecule has 2 aromatic rings. The highest BCUT2D eigenvalue weighted by molar-refractivity contribution is 7.91. The molecule has 0 aliphatic rings. The van der Waals surface area contributed by atoms with Crippen molar-refractivity contribution in [2.24, 2.45) is 0 Å². The van der Waals surface area contributed by atoms with Gasteiger partial charge in [0.25, 0.3) is 0 Å². The van der Waals surface area contributed by atoms with Crippen molar-refractivity contribution in [1.29, 1.82) is 0 Å². The van der Waals surface area contributed by atoms with E-state index in [0.717, 1.165) is 11.1 Å². The summed E-state index contributed by atoms with van der Waals surface area (Å²) in [6, 6.07) is 12.4. The van der Waals surface area contributed by atoms with Crippen molar-refractivity contribution in [3.05, 3.63) is 59.2 Å². The van der Waals surface area contributed by atoms with E-state index >= 15 is 0 Å². The molecule has 0 unspecified atom stereocenters. The van der Waals surface area contributed by atoms with Gasteiger partial charge in [0.1, 0.15) is 0 Å². The number of benzene rings is 2. The molecule has 4 nitrogen and oxygen atoms in total. The lowest BCUT2D eigenvalue weighted by Crippen LogP contribution is -2.15. The van der Waals surface area contributed by atoms with Crippen molar-refractivity contribution in [2.75, 3.05) is 10.5 Å². The van der Waals surface area contributed by atoms with Crippen molar-refractivity contribution >= 4 is 21.4 Å². The Morgan fingerprint density at radius 1 is 1.05 bits per heavy atom. The second-order valence-electron chi connectivity index (χ2n) is 4.91. The Bertz CT molecular complexity index is 724. The zero-order valence-corrected chi connectivity index (χ0v) is 12.4. The lowest BCUT2D eigenvalue weighted by molar-refractivity contribution is 0.600. The number of anilines is 2. The summed E-state index contributed by atoms with van der Waals surface area (Å²) in [6.07, 6.45) is 0. The first-order chi connectivity index (χ1) is 9.35. The monoisotopic (exact) mass is 290 g/mol. The summed E-state index contributed by atoms with van der Waals surface area (Å²) in [5, 5.41) is 0. The SMILES string of the molecule is Cc1ccc(NS(=O)(=O)Cc2cccc(N)c2)cc1C. The smallest absolute Gasteiger partial charge is 0.236 e. The first-order valence-electron chi connectivity index (χ1n) is 6.28. The molecule has 20 heavy (non-hydrogen) atoms. The second-order valence-corrected chi connectivity index (χ2v) is 6.63. The number of nitrogens with two attached hydrogens (primary N) is 1. The Labute approximate surface area is 119 Å². The maximum Gasteiger partial charge on any atom is 0.236 e. The molecule has 0 bridgehead atoms. The van der Waals surface area contributed by atoms with Gasteiger partial charge in [0.05, 0.1) is 5.75 Å². The first kappa shape index (κ1) is 14.4. The van der Waals surface area contributed by atoms with Crippen molar-refractivity contribution in [1.82, 2.24) is 0 Å². The summed E-state index contributed by atoms with van der Waals surface area (Å²) in [5.74, 6) is -0.0923. The van der Waals surface area contributed by atoms with E-state index in [9.17, 15) is 8.42 Å². The van der Waals surface area contributed by atoms with Gasteiger partial charge in [-0.2, -0.15) is 0 Å². The molecule has 0 fully saturated rings. The molecule has 0 saturated heterocycles. The number of hydrogen-bond acceptors (Lipinski definition) is 3. The van der Waals surface area contributed by atoms with Crippen LogP contribution in [0.15, 0.2) is 42.5 Å². The Kier molecular flexibility index (Phi) is 3.99. The highest BCUT2D eigenvalue weighted by atomic mass is 32.2. The van der Waals surface area contributed by atoms with Crippen LogP contribution in [0.25, 0.3) is 0 Å². The van der Waals surface area contributed by atoms with Crippen molar-refractivity contribution in [3.8, 4) is 0 Å². The average molecular weight is 290 g/mol. The minimum atomic E-state index is -3.44. The summed E-state index contributed by atoms with van der Waals surface area (Å²) in [7, 11) is -3.44. The first-order valence-corrected chi connectivity index (χ1v) is 7.93. The van der Waals surface area contributed by atoms with E-state index < -0.39 is 10.0 Å². The van der Waals surface area contributed by atoms with Gasteiger partial charge in [-0.1, -0.05) is 18.2 Å². The number of rotatable bonds is 4. The number of nitrogens with one attached hydrogen (secondary N) is 1. The molecule has 0 radical (unpaired) electrons. The van der Waals surface area contributed by atoms with Crippen LogP contribution in [0.3, 0.4) is 0 Å². The maximum absolute atomic E-state index is 12.1. The second kappa shape index (κ2) is 5.54. The highest BCUT2D eigenvalue weighted by Crippen LogP contribution is 2.17. The van der Waals surface area contributed by atoms with Gasteiger partial charge in [-0.3, -0.25) is 4.72 Å². The van der Waals surface area contributed by atoms with Crippen LogP contribution in [-0.4, -0.2) is 8.42 Å². The van der Waals surface area contributed by atoms with Crippen LogP contribution >= 0.6 is 0 Å². The summed E-state index contributed by atoms with van der Waals surface area (Å²) in [6.45, 7) is 3.94. The summed E-state index contributed by atoms with van der Waals surface area (Å²) < 4.78 is 26.8. The molecule has 0 heterocycles. The topological polar surface area (TPSA) is 72.2 Å². The molecule has 0 aliphatic heterocycles. The van der Waals surface area contributed by atoms with Gasteiger partial charge in [0.2, 0.25) is 10.0 Å². The van der Waals surface area contributed by atoms with Gasteiger partial charge in [-0.25, -0.2) is 8.42 Å². The maximum atomic E-state index is 12.1. The Balaban J connectivity index is 2.17. The molecule has 5 heteroatoms. The lowest BCUT2D eigenvalue weighted by Gasteiger charge is -2.10. The van der Waals surface area contributed by atoms with Gasteiger partial charge in [0, 0.05) is 11.4 Å². The van der Waals surface area contributed by atoms with E-state index in [1.165, 1.54) is 0 Å². The molecule has 0 saturated carbocycles. The minimum absolute atomic E-state index is 0.0923. The minimum Gasteiger partial charge on any atom is -0.399 e. The van der Waals surface area contributed by atoms with Crippen molar-refractivity contribution < 1.29 is 8.42 Å². The molecule has 2 rings (SSSR count). The largest absolute Gasteiger partial charge is 0.399 e. The van der Waals surface area contributed by atoms with E-state index in [1.54, 1.807) is 30.3 Å². The van der Waals surface area contributed by atoms with Gasteiger partial charge in [-0.05, 0) is 54.8 Å².